The monoisotopic (exact) mass is 404 g/mol. The summed E-state index contributed by atoms with van der Waals surface area (Å²) in [6.45, 7) is 10.3. The van der Waals surface area contributed by atoms with Crippen molar-refractivity contribution in [2.24, 2.45) is 0 Å². The van der Waals surface area contributed by atoms with E-state index in [1.54, 1.807) is 0 Å². The van der Waals surface area contributed by atoms with Crippen molar-refractivity contribution < 1.29 is 0 Å². The normalized spacial score (nSPS) is 12.5. The molecule has 1 aliphatic heterocycles. The molecule has 144 valence electrons. The zero-order valence-corrected chi connectivity index (χ0v) is 18.0. The first-order valence-corrected chi connectivity index (χ1v) is 10.9. The van der Waals surface area contributed by atoms with Crippen LogP contribution in [-0.4, -0.2) is 9.97 Å². The zero-order valence-electron chi connectivity index (χ0n) is 17.2. The molecule has 5 aromatic rings. The van der Waals surface area contributed by atoms with Gasteiger partial charge in [0.15, 0.2) is 0 Å². The summed E-state index contributed by atoms with van der Waals surface area (Å²) >= 11 is 1.84. The first kappa shape index (κ1) is 17.7. The van der Waals surface area contributed by atoms with Gasteiger partial charge in [-0.25, -0.2) is 0 Å². The van der Waals surface area contributed by atoms with Crippen LogP contribution in [-0.2, 0) is 0 Å². The van der Waals surface area contributed by atoms with Gasteiger partial charge in [-0.05, 0) is 83.8 Å². The van der Waals surface area contributed by atoms with Crippen LogP contribution in [0.1, 0.15) is 22.5 Å². The smallest absolute Gasteiger partial charge is 0.0803 e. The van der Waals surface area contributed by atoms with Gasteiger partial charge < -0.3 is 0 Å². The SMILES string of the molecule is C=Cc1cc2c(cc1C)-c1nccc3c1c(cc1c4cc(C)nc(C)c4ccc31)S2. The molecule has 30 heavy (non-hydrogen) atoms. The molecule has 0 aliphatic carbocycles. The number of aryl methyl sites for hydroxylation is 3. The molecular formula is C27H20N2S. The van der Waals surface area contributed by atoms with Crippen LogP contribution in [0.25, 0.3) is 49.7 Å². The van der Waals surface area contributed by atoms with Gasteiger partial charge in [-0.2, -0.15) is 0 Å². The van der Waals surface area contributed by atoms with Crippen molar-refractivity contribution in [2.75, 3.05) is 0 Å². The Morgan fingerprint density at radius 3 is 2.47 bits per heavy atom. The molecule has 0 amide bonds. The van der Waals surface area contributed by atoms with Gasteiger partial charge in [0, 0.05) is 43.7 Å². The molecule has 0 saturated carbocycles. The van der Waals surface area contributed by atoms with Crippen LogP contribution in [0.5, 0.6) is 0 Å². The summed E-state index contributed by atoms with van der Waals surface area (Å²) in [4.78, 5) is 12.0. The van der Waals surface area contributed by atoms with E-state index in [4.69, 9.17) is 4.98 Å². The lowest BCUT2D eigenvalue weighted by molar-refractivity contribution is 1.15. The zero-order chi connectivity index (χ0) is 20.6. The lowest BCUT2D eigenvalue weighted by atomic mass is 9.93. The minimum atomic E-state index is 1.06. The van der Waals surface area contributed by atoms with E-state index in [0.717, 1.165) is 17.1 Å². The highest BCUT2D eigenvalue weighted by Crippen LogP contribution is 2.50. The first-order chi connectivity index (χ1) is 14.5. The van der Waals surface area contributed by atoms with Crippen molar-refractivity contribution in [3.05, 3.63) is 77.8 Å². The van der Waals surface area contributed by atoms with Crippen molar-refractivity contribution in [1.82, 2.24) is 9.97 Å². The largest absolute Gasteiger partial charge is 0.258 e. The van der Waals surface area contributed by atoms with E-state index in [-0.39, 0.29) is 0 Å². The van der Waals surface area contributed by atoms with E-state index in [0.29, 0.717) is 0 Å². The average Bonchev–Trinajstić information content (AvgIpc) is 2.74. The van der Waals surface area contributed by atoms with Gasteiger partial charge in [0.2, 0.25) is 0 Å². The maximum atomic E-state index is 4.82. The molecule has 0 saturated heterocycles. The Hall–Kier alpha value is -3.17. The summed E-state index contributed by atoms with van der Waals surface area (Å²) in [6, 6.07) is 15.7. The lowest BCUT2D eigenvalue weighted by Gasteiger charge is -2.22. The molecule has 2 aromatic heterocycles. The van der Waals surface area contributed by atoms with E-state index >= 15 is 0 Å². The molecule has 1 aliphatic rings. The van der Waals surface area contributed by atoms with E-state index in [1.807, 2.05) is 24.0 Å². The standard InChI is InChI=1S/C27H20N2S/c1-5-17-12-24-23(10-14(17)2)27-26-20(8-9-28-27)19-7-6-18-16(4)29-15(3)11-21(18)22(19)13-25(26)30-24/h5-13H,1H2,2-4H3. The Labute approximate surface area is 179 Å². The summed E-state index contributed by atoms with van der Waals surface area (Å²) in [5.41, 5.74) is 6.86. The molecule has 0 bridgehead atoms. The molecule has 0 radical (unpaired) electrons. The third-order valence-corrected chi connectivity index (χ3v) is 7.30. The number of rotatable bonds is 1. The van der Waals surface area contributed by atoms with Crippen molar-refractivity contribution in [3.63, 3.8) is 0 Å². The predicted molar refractivity (Wildman–Crippen MR) is 128 cm³/mol. The fourth-order valence-electron chi connectivity index (χ4n) is 4.80. The van der Waals surface area contributed by atoms with Crippen molar-refractivity contribution in [2.45, 2.75) is 30.6 Å². The molecule has 0 atom stereocenters. The maximum Gasteiger partial charge on any atom is 0.0803 e. The summed E-state index contributed by atoms with van der Waals surface area (Å²) in [6.07, 6.45) is 3.89. The van der Waals surface area contributed by atoms with Crippen LogP contribution in [0.2, 0.25) is 0 Å². The fraction of sp³-hybridized carbons (Fsp3) is 0.111. The van der Waals surface area contributed by atoms with E-state index in [2.05, 4.69) is 74.8 Å². The molecule has 3 heterocycles. The Balaban J connectivity index is 1.78. The highest BCUT2D eigenvalue weighted by molar-refractivity contribution is 7.99. The number of nitrogens with zero attached hydrogens (tertiary/aromatic N) is 2. The lowest BCUT2D eigenvalue weighted by Crippen LogP contribution is -1.98. The molecule has 0 spiro atoms. The Bertz CT molecular complexity index is 1560. The molecule has 6 rings (SSSR count). The highest BCUT2D eigenvalue weighted by Gasteiger charge is 2.23. The topological polar surface area (TPSA) is 25.8 Å². The molecule has 3 heteroatoms. The predicted octanol–water partition coefficient (Wildman–Crippen LogP) is 7.64. The minimum absolute atomic E-state index is 1.06. The van der Waals surface area contributed by atoms with Gasteiger partial charge >= 0.3 is 0 Å². The van der Waals surface area contributed by atoms with Crippen molar-refractivity contribution in [1.29, 1.82) is 0 Å². The maximum absolute atomic E-state index is 4.82. The second-order valence-electron chi connectivity index (χ2n) is 8.07. The Morgan fingerprint density at radius 1 is 0.833 bits per heavy atom. The number of fused-ring (bicyclic) bond motifs is 6. The Kier molecular flexibility index (Phi) is 3.63. The molecule has 0 fully saturated rings. The average molecular weight is 405 g/mol. The third kappa shape index (κ3) is 2.33. The van der Waals surface area contributed by atoms with Gasteiger partial charge in [-0.1, -0.05) is 36.5 Å². The fourth-order valence-corrected chi connectivity index (χ4v) is 5.97. The summed E-state index contributed by atoms with van der Waals surface area (Å²) in [5.74, 6) is 0. The van der Waals surface area contributed by atoms with E-state index in [9.17, 15) is 0 Å². The quantitative estimate of drug-likeness (QED) is 0.263. The highest BCUT2D eigenvalue weighted by atomic mass is 32.2. The molecular weight excluding hydrogens is 384 g/mol. The van der Waals surface area contributed by atoms with Crippen LogP contribution in [0, 0.1) is 20.8 Å². The number of aromatic nitrogens is 2. The van der Waals surface area contributed by atoms with Crippen LogP contribution >= 0.6 is 11.8 Å². The minimum Gasteiger partial charge on any atom is -0.258 e. The van der Waals surface area contributed by atoms with Gasteiger partial charge in [-0.15, -0.1) is 0 Å². The summed E-state index contributed by atoms with van der Waals surface area (Å²) in [5, 5.41) is 7.59. The second-order valence-corrected chi connectivity index (χ2v) is 9.16. The van der Waals surface area contributed by atoms with E-state index in [1.165, 1.54) is 58.8 Å². The van der Waals surface area contributed by atoms with Crippen LogP contribution in [0.3, 0.4) is 0 Å². The van der Waals surface area contributed by atoms with Crippen LogP contribution < -0.4 is 0 Å². The van der Waals surface area contributed by atoms with Gasteiger partial charge in [0.05, 0.1) is 5.69 Å². The van der Waals surface area contributed by atoms with Gasteiger partial charge in [-0.3, -0.25) is 9.97 Å². The van der Waals surface area contributed by atoms with E-state index < -0.39 is 0 Å². The Morgan fingerprint density at radius 2 is 1.63 bits per heavy atom. The second kappa shape index (κ2) is 6.16. The van der Waals surface area contributed by atoms with Crippen LogP contribution in [0.4, 0.5) is 0 Å². The van der Waals surface area contributed by atoms with Gasteiger partial charge in [0.1, 0.15) is 0 Å². The van der Waals surface area contributed by atoms with Crippen LogP contribution in [0.15, 0.2) is 65.0 Å². The number of benzene rings is 3. The van der Waals surface area contributed by atoms with Crippen molar-refractivity contribution in [3.8, 4) is 11.3 Å². The summed E-state index contributed by atoms with van der Waals surface area (Å²) < 4.78 is 0. The molecule has 2 nitrogen and oxygen atoms in total. The number of hydrogen-bond donors (Lipinski definition) is 0. The van der Waals surface area contributed by atoms with Crippen molar-refractivity contribution >= 4 is 50.2 Å². The number of pyridine rings is 2. The molecule has 3 aromatic carbocycles. The first-order valence-electron chi connectivity index (χ1n) is 10.1. The number of hydrogen-bond acceptors (Lipinski definition) is 3. The molecule has 0 unspecified atom stereocenters. The third-order valence-electron chi connectivity index (χ3n) is 6.20. The summed E-state index contributed by atoms with van der Waals surface area (Å²) in [7, 11) is 0. The van der Waals surface area contributed by atoms with Gasteiger partial charge in [0.25, 0.3) is 0 Å². The molecule has 0 N–H and O–H groups in total.